The van der Waals surface area contributed by atoms with E-state index in [9.17, 15) is 4.79 Å². The lowest BCUT2D eigenvalue weighted by molar-refractivity contribution is 0.0607. The predicted octanol–water partition coefficient (Wildman–Crippen LogP) is 1.98. The van der Waals surface area contributed by atoms with Crippen molar-refractivity contribution in [1.29, 1.82) is 0 Å². The summed E-state index contributed by atoms with van der Waals surface area (Å²) in [6.45, 7) is 6.31. The average Bonchev–Trinajstić information content (AvgIpc) is 3.07. The van der Waals surface area contributed by atoms with Crippen LogP contribution in [-0.4, -0.2) is 53.4 Å². The van der Waals surface area contributed by atoms with Gasteiger partial charge >= 0.3 is 0 Å². The number of aryl methyl sites for hydroxylation is 1. The van der Waals surface area contributed by atoms with Crippen LogP contribution in [0.25, 0.3) is 0 Å². The van der Waals surface area contributed by atoms with Gasteiger partial charge < -0.3 is 9.32 Å². The molecule has 0 aromatic carbocycles. The third-order valence-electron chi connectivity index (χ3n) is 4.02. The fourth-order valence-electron chi connectivity index (χ4n) is 2.74. The monoisotopic (exact) mass is 299 g/mol. The number of hydrogen-bond donors (Lipinski definition) is 0. The van der Waals surface area contributed by atoms with Crippen molar-refractivity contribution >= 4 is 5.91 Å². The van der Waals surface area contributed by atoms with Gasteiger partial charge in [-0.15, -0.1) is 0 Å². The molecular weight excluding hydrogens is 278 g/mol. The van der Waals surface area contributed by atoms with Gasteiger partial charge in [-0.3, -0.25) is 14.7 Å². The molecule has 0 bridgehead atoms. The van der Waals surface area contributed by atoms with Gasteiger partial charge in [0.1, 0.15) is 0 Å². The maximum absolute atomic E-state index is 12.2. The first-order valence-electron chi connectivity index (χ1n) is 7.70. The average molecular weight is 299 g/mol. The van der Waals surface area contributed by atoms with E-state index >= 15 is 0 Å². The van der Waals surface area contributed by atoms with E-state index in [-0.39, 0.29) is 5.91 Å². The molecule has 5 nitrogen and oxygen atoms in total. The number of piperazine rings is 1. The maximum atomic E-state index is 12.2. The van der Waals surface area contributed by atoms with Crippen molar-refractivity contribution in [3.8, 4) is 0 Å². The fourth-order valence-corrected chi connectivity index (χ4v) is 2.74. The molecule has 1 fully saturated rings. The maximum Gasteiger partial charge on any atom is 0.289 e. The zero-order valence-corrected chi connectivity index (χ0v) is 12.9. The van der Waals surface area contributed by atoms with Gasteiger partial charge in [0.05, 0.1) is 6.26 Å². The van der Waals surface area contributed by atoms with E-state index in [0.717, 1.165) is 50.5 Å². The van der Waals surface area contributed by atoms with E-state index < -0.39 is 0 Å². The van der Waals surface area contributed by atoms with Crippen LogP contribution < -0.4 is 0 Å². The highest BCUT2D eigenvalue weighted by molar-refractivity contribution is 5.91. The van der Waals surface area contributed by atoms with Crippen molar-refractivity contribution in [2.24, 2.45) is 0 Å². The third-order valence-corrected chi connectivity index (χ3v) is 4.02. The Kier molecular flexibility index (Phi) is 4.53. The molecule has 2 aromatic rings. The number of carbonyl (C=O) groups is 1. The summed E-state index contributed by atoms with van der Waals surface area (Å²) >= 11 is 0. The van der Waals surface area contributed by atoms with Crippen LogP contribution in [0.5, 0.6) is 0 Å². The lowest BCUT2D eigenvalue weighted by Gasteiger charge is -2.34. The Morgan fingerprint density at radius 1 is 1.18 bits per heavy atom. The highest BCUT2D eigenvalue weighted by atomic mass is 16.3. The van der Waals surface area contributed by atoms with Gasteiger partial charge in [-0.1, -0.05) is 6.07 Å². The number of pyridine rings is 1. The zero-order chi connectivity index (χ0) is 15.4. The van der Waals surface area contributed by atoms with Crippen LogP contribution >= 0.6 is 0 Å². The van der Waals surface area contributed by atoms with Crippen molar-refractivity contribution in [1.82, 2.24) is 14.8 Å². The number of aromatic nitrogens is 1. The summed E-state index contributed by atoms with van der Waals surface area (Å²) in [5, 5.41) is 0. The number of hydrogen-bond acceptors (Lipinski definition) is 4. The molecule has 0 aliphatic carbocycles. The minimum Gasteiger partial charge on any atom is -0.459 e. The van der Waals surface area contributed by atoms with Crippen LogP contribution in [0.2, 0.25) is 0 Å². The van der Waals surface area contributed by atoms with Gasteiger partial charge in [0.15, 0.2) is 5.76 Å². The van der Waals surface area contributed by atoms with Gasteiger partial charge in [0, 0.05) is 50.5 Å². The van der Waals surface area contributed by atoms with Crippen LogP contribution in [0.3, 0.4) is 0 Å². The molecule has 1 aliphatic rings. The van der Waals surface area contributed by atoms with Gasteiger partial charge in [-0.05, 0) is 31.2 Å². The minimum atomic E-state index is -0.00926. The molecule has 0 unspecified atom stereocenters. The molecular formula is C17H21N3O2. The summed E-state index contributed by atoms with van der Waals surface area (Å²) in [6.07, 6.45) is 2.49. The quantitative estimate of drug-likeness (QED) is 0.866. The first-order chi connectivity index (χ1) is 10.7. The Morgan fingerprint density at radius 2 is 2.00 bits per heavy atom. The molecule has 0 spiro atoms. The molecule has 0 saturated carbocycles. The molecule has 0 radical (unpaired) electrons. The predicted molar refractivity (Wildman–Crippen MR) is 83.7 cm³/mol. The van der Waals surface area contributed by atoms with Crippen molar-refractivity contribution in [2.75, 3.05) is 32.7 Å². The van der Waals surface area contributed by atoms with Crippen molar-refractivity contribution in [3.63, 3.8) is 0 Å². The number of carbonyl (C=O) groups excluding carboxylic acids is 1. The van der Waals surface area contributed by atoms with Gasteiger partial charge in [0.2, 0.25) is 0 Å². The Balaban J connectivity index is 1.47. The van der Waals surface area contributed by atoms with Crippen molar-refractivity contribution in [2.45, 2.75) is 13.3 Å². The molecule has 1 saturated heterocycles. The van der Waals surface area contributed by atoms with E-state index in [1.54, 1.807) is 18.4 Å². The van der Waals surface area contributed by atoms with Gasteiger partial charge in [-0.25, -0.2) is 0 Å². The number of rotatable bonds is 4. The third kappa shape index (κ3) is 3.54. The molecule has 1 amide bonds. The molecule has 0 atom stereocenters. The topological polar surface area (TPSA) is 49.6 Å². The second kappa shape index (κ2) is 6.75. The summed E-state index contributed by atoms with van der Waals surface area (Å²) < 4.78 is 5.18. The lowest BCUT2D eigenvalue weighted by atomic mass is 10.2. The van der Waals surface area contributed by atoms with Crippen molar-refractivity contribution < 1.29 is 9.21 Å². The smallest absolute Gasteiger partial charge is 0.289 e. The molecule has 22 heavy (non-hydrogen) atoms. The van der Waals surface area contributed by atoms with Crippen LogP contribution in [-0.2, 0) is 6.42 Å². The highest BCUT2D eigenvalue weighted by Gasteiger charge is 2.23. The van der Waals surface area contributed by atoms with Gasteiger partial charge in [0.25, 0.3) is 5.91 Å². The zero-order valence-electron chi connectivity index (χ0n) is 12.9. The number of nitrogens with zero attached hydrogens (tertiary/aromatic N) is 3. The van der Waals surface area contributed by atoms with Crippen LogP contribution in [0.15, 0.2) is 41.0 Å². The Labute approximate surface area is 130 Å². The van der Waals surface area contributed by atoms with E-state index in [1.165, 1.54) is 0 Å². The van der Waals surface area contributed by atoms with E-state index in [4.69, 9.17) is 4.42 Å². The van der Waals surface area contributed by atoms with Crippen LogP contribution in [0.4, 0.5) is 0 Å². The Morgan fingerprint density at radius 3 is 2.68 bits per heavy atom. The number of amides is 1. The number of furan rings is 1. The summed E-state index contributed by atoms with van der Waals surface area (Å²) in [5.74, 6) is 0.419. The summed E-state index contributed by atoms with van der Waals surface area (Å²) in [6, 6.07) is 9.61. The lowest BCUT2D eigenvalue weighted by Crippen LogP contribution is -2.49. The molecule has 1 aliphatic heterocycles. The summed E-state index contributed by atoms with van der Waals surface area (Å²) in [7, 11) is 0. The largest absolute Gasteiger partial charge is 0.459 e. The standard InChI is InChI=1S/C17H21N3O2/c1-14-4-2-5-15(18-14)7-8-19-9-11-20(12-10-19)17(21)16-6-3-13-22-16/h2-6,13H,7-12H2,1H3. The fraction of sp³-hybridized carbons (Fsp3) is 0.412. The molecule has 2 aromatic heterocycles. The summed E-state index contributed by atoms with van der Waals surface area (Å²) in [5.41, 5.74) is 2.19. The Hall–Kier alpha value is -2.14. The molecule has 0 N–H and O–H groups in total. The van der Waals surface area contributed by atoms with Gasteiger partial charge in [-0.2, -0.15) is 0 Å². The minimum absolute atomic E-state index is 0.00926. The second-order valence-corrected chi connectivity index (χ2v) is 5.63. The molecule has 5 heteroatoms. The molecule has 116 valence electrons. The van der Waals surface area contributed by atoms with E-state index in [1.807, 2.05) is 17.9 Å². The van der Waals surface area contributed by atoms with E-state index in [0.29, 0.717) is 5.76 Å². The first kappa shape index (κ1) is 14.8. The highest BCUT2D eigenvalue weighted by Crippen LogP contribution is 2.10. The van der Waals surface area contributed by atoms with Crippen LogP contribution in [0, 0.1) is 6.92 Å². The SMILES string of the molecule is Cc1cccc(CCN2CCN(C(=O)c3ccco3)CC2)n1. The summed E-state index contributed by atoms with van der Waals surface area (Å²) in [4.78, 5) is 21.0. The second-order valence-electron chi connectivity index (χ2n) is 5.63. The molecule has 3 rings (SSSR count). The first-order valence-corrected chi connectivity index (χ1v) is 7.70. The molecule has 3 heterocycles. The van der Waals surface area contributed by atoms with Crippen LogP contribution in [0.1, 0.15) is 21.9 Å². The normalized spacial score (nSPS) is 16.0. The Bertz CT molecular complexity index is 617. The van der Waals surface area contributed by atoms with Crippen molar-refractivity contribution in [3.05, 3.63) is 53.7 Å². The van der Waals surface area contributed by atoms with E-state index in [2.05, 4.69) is 22.0 Å².